The molecule has 0 bridgehead atoms. The highest BCUT2D eigenvalue weighted by Gasteiger charge is 2.39. The Morgan fingerprint density at radius 2 is 2.06 bits per heavy atom. The fourth-order valence-electron chi connectivity index (χ4n) is 1.98. The fraction of sp³-hybridized carbons (Fsp3) is 0.917. The lowest BCUT2D eigenvalue weighted by Crippen LogP contribution is -2.54. The largest absolute Gasteiger partial charge is 0.354 e. The van der Waals surface area contributed by atoms with Gasteiger partial charge in [0.2, 0.25) is 5.91 Å². The maximum atomic E-state index is 12.1. The summed E-state index contributed by atoms with van der Waals surface area (Å²) in [5.41, 5.74) is -0.131. The van der Waals surface area contributed by atoms with Gasteiger partial charge in [-0.2, -0.15) is 0 Å². The van der Waals surface area contributed by atoms with Crippen molar-refractivity contribution in [2.24, 2.45) is 5.41 Å². The lowest BCUT2D eigenvalue weighted by molar-refractivity contribution is -0.127. The van der Waals surface area contributed by atoms with Gasteiger partial charge < -0.3 is 10.6 Å². The van der Waals surface area contributed by atoms with Crippen molar-refractivity contribution in [2.75, 3.05) is 13.1 Å². The van der Waals surface area contributed by atoms with Crippen molar-refractivity contribution < 1.29 is 4.79 Å². The summed E-state index contributed by atoms with van der Waals surface area (Å²) in [4.78, 5) is 12.1. The molecular weight excluding hydrogens is 224 g/mol. The summed E-state index contributed by atoms with van der Waals surface area (Å²) in [7, 11) is 0. The summed E-state index contributed by atoms with van der Waals surface area (Å²) in [6, 6.07) is 0. The van der Waals surface area contributed by atoms with E-state index in [-0.39, 0.29) is 29.3 Å². The van der Waals surface area contributed by atoms with Gasteiger partial charge >= 0.3 is 0 Å². The van der Waals surface area contributed by atoms with Crippen LogP contribution in [0.1, 0.15) is 47.0 Å². The van der Waals surface area contributed by atoms with Gasteiger partial charge in [-0.25, -0.2) is 0 Å². The van der Waals surface area contributed by atoms with Gasteiger partial charge in [-0.1, -0.05) is 27.7 Å². The second-order valence-corrected chi connectivity index (χ2v) is 5.71. The molecule has 1 rings (SSSR count). The molecule has 3 nitrogen and oxygen atoms in total. The maximum Gasteiger partial charge on any atom is 0.240 e. The average molecular weight is 249 g/mol. The normalized spacial score (nSPS) is 25.0. The van der Waals surface area contributed by atoms with Crippen LogP contribution >= 0.6 is 12.4 Å². The summed E-state index contributed by atoms with van der Waals surface area (Å²) in [6.45, 7) is 10.2. The van der Waals surface area contributed by atoms with Crippen LogP contribution in [0.2, 0.25) is 0 Å². The van der Waals surface area contributed by atoms with E-state index < -0.39 is 0 Å². The Hall–Kier alpha value is -0.280. The van der Waals surface area contributed by atoms with Crippen LogP contribution in [0.3, 0.4) is 0 Å². The molecule has 16 heavy (non-hydrogen) atoms. The lowest BCUT2D eigenvalue weighted by atomic mass is 9.91. The van der Waals surface area contributed by atoms with Crippen molar-refractivity contribution in [1.82, 2.24) is 10.6 Å². The zero-order valence-corrected chi connectivity index (χ0v) is 11.7. The summed E-state index contributed by atoms with van der Waals surface area (Å²) in [5.74, 6) is 0.178. The number of hydrogen-bond acceptors (Lipinski definition) is 2. The van der Waals surface area contributed by atoms with Gasteiger partial charge in [-0.3, -0.25) is 4.79 Å². The highest BCUT2D eigenvalue weighted by molar-refractivity contribution is 5.86. The predicted octanol–water partition coefficient (Wildman–Crippen LogP) is 2.10. The Morgan fingerprint density at radius 1 is 1.44 bits per heavy atom. The van der Waals surface area contributed by atoms with E-state index in [9.17, 15) is 4.79 Å². The number of nitrogens with one attached hydrogen (secondary N) is 2. The first kappa shape index (κ1) is 15.7. The van der Waals surface area contributed by atoms with Gasteiger partial charge in [0, 0.05) is 6.54 Å². The van der Waals surface area contributed by atoms with Gasteiger partial charge in [0.05, 0.1) is 5.54 Å². The zero-order chi connectivity index (χ0) is 11.5. The van der Waals surface area contributed by atoms with E-state index in [1.807, 2.05) is 0 Å². The number of carbonyl (C=O) groups excluding carboxylic acids is 1. The van der Waals surface area contributed by atoms with E-state index in [1.54, 1.807) is 0 Å². The average Bonchev–Trinajstić information content (AvgIpc) is 2.62. The molecule has 1 fully saturated rings. The second-order valence-electron chi connectivity index (χ2n) is 5.71. The summed E-state index contributed by atoms with van der Waals surface area (Å²) in [6.07, 6.45) is 2.96. The molecule has 0 spiro atoms. The Labute approximate surface area is 105 Å². The first-order valence-electron chi connectivity index (χ1n) is 5.93. The lowest BCUT2D eigenvalue weighted by Gasteiger charge is -2.29. The molecule has 0 aromatic rings. The summed E-state index contributed by atoms with van der Waals surface area (Å²) >= 11 is 0. The van der Waals surface area contributed by atoms with E-state index in [1.165, 1.54) is 0 Å². The highest BCUT2D eigenvalue weighted by Crippen LogP contribution is 2.23. The number of halogens is 1. The topological polar surface area (TPSA) is 41.1 Å². The molecule has 0 saturated carbocycles. The molecule has 0 radical (unpaired) electrons. The van der Waals surface area contributed by atoms with Gasteiger partial charge in [0.15, 0.2) is 0 Å². The molecule has 0 aromatic carbocycles. The minimum absolute atomic E-state index is 0. The SMILES string of the molecule is CCC1(C(=O)NCC(C)(C)C)CCCN1.Cl. The molecule has 1 heterocycles. The van der Waals surface area contributed by atoms with Crippen molar-refractivity contribution in [3.8, 4) is 0 Å². The van der Waals surface area contributed by atoms with Crippen LogP contribution in [-0.4, -0.2) is 24.5 Å². The van der Waals surface area contributed by atoms with Crippen LogP contribution in [0.15, 0.2) is 0 Å². The molecule has 1 aliphatic rings. The van der Waals surface area contributed by atoms with Crippen molar-refractivity contribution in [3.63, 3.8) is 0 Å². The van der Waals surface area contributed by atoms with Crippen LogP contribution < -0.4 is 10.6 Å². The Kier molecular flexibility index (Phi) is 5.77. The minimum atomic E-state index is -0.286. The minimum Gasteiger partial charge on any atom is -0.354 e. The van der Waals surface area contributed by atoms with E-state index in [0.717, 1.165) is 32.4 Å². The van der Waals surface area contributed by atoms with Crippen LogP contribution in [0.5, 0.6) is 0 Å². The smallest absolute Gasteiger partial charge is 0.240 e. The first-order chi connectivity index (χ1) is 6.90. The standard InChI is InChI=1S/C12H24N2O.ClH/c1-5-12(7-6-8-14-12)10(15)13-9-11(2,3)4;/h14H,5-9H2,1-4H3,(H,13,15);1H. The molecular formula is C12H25ClN2O. The molecule has 0 aliphatic carbocycles. The van der Waals surface area contributed by atoms with E-state index in [2.05, 4.69) is 38.3 Å². The quantitative estimate of drug-likeness (QED) is 0.803. The van der Waals surface area contributed by atoms with E-state index in [4.69, 9.17) is 0 Å². The highest BCUT2D eigenvalue weighted by atomic mass is 35.5. The van der Waals surface area contributed by atoms with Gasteiger partial charge in [0.25, 0.3) is 0 Å². The molecule has 1 atom stereocenters. The van der Waals surface area contributed by atoms with Crippen molar-refractivity contribution in [3.05, 3.63) is 0 Å². The van der Waals surface area contributed by atoms with Gasteiger partial charge in [0.1, 0.15) is 0 Å². The van der Waals surface area contributed by atoms with E-state index >= 15 is 0 Å². The van der Waals surface area contributed by atoms with Gasteiger partial charge in [-0.15, -0.1) is 12.4 Å². The maximum absolute atomic E-state index is 12.1. The van der Waals surface area contributed by atoms with Crippen LogP contribution in [-0.2, 0) is 4.79 Å². The molecule has 1 saturated heterocycles. The third-order valence-corrected chi connectivity index (χ3v) is 3.06. The number of hydrogen-bond donors (Lipinski definition) is 2. The van der Waals surface area contributed by atoms with Crippen LogP contribution in [0.4, 0.5) is 0 Å². The third-order valence-electron chi connectivity index (χ3n) is 3.06. The van der Waals surface area contributed by atoms with Crippen molar-refractivity contribution >= 4 is 18.3 Å². The van der Waals surface area contributed by atoms with Crippen molar-refractivity contribution in [2.45, 2.75) is 52.5 Å². The fourth-order valence-corrected chi connectivity index (χ4v) is 1.98. The Morgan fingerprint density at radius 3 is 2.44 bits per heavy atom. The predicted molar refractivity (Wildman–Crippen MR) is 70.0 cm³/mol. The molecule has 2 N–H and O–H groups in total. The number of rotatable bonds is 3. The molecule has 1 amide bonds. The third kappa shape index (κ3) is 3.95. The summed E-state index contributed by atoms with van der Waals surface area (Å²) < 4.78 is 0. The zero-order valence-electron chi connectivity index (χ0n) is 10.9. The summed E-state index contributed by atoms with van der Waals surface area (Å²) in [5, 5.41) is 6.40. The van der Waals surface area contributed by atoms with E-state index in [0.29, 0.717) is 0 Å². The number of carbonyl (C=O) groups is 1. The monoisotopic (exact) mass is 248 g/mol. The van der Waals surface area contributed by atoms with Crippen LogP contribution in [0.25, 0.3) is 0 Å². The Bertz CT molecular complexity index is 230. The van der Waals surface area contributed by atoms with Gasteiger partial charge in [-0.05, 0) is 31.2 Å². The molecule has 1 unspecified atom stereocenters. The first-order valence-corrected chi connectivity index (χ1v) is 5.93. The molecule has 96 valence electrons. The molecule has 0 aromatic heterocycles. The van der Waals surface area contributed by atoms with Crippen LogP contribution in [0, 0.1) is 5.41 Å². The Balaban J connectivity index is 0.00000225. The molecule has 1 aliphatic heterocycles. The number of amides is 1. The second kappa shape index (κ2) is 5.87. The van der Waals surface area contributed by atoms with Crippen molar-refractivity contribution in [1.29, 1.82) is 0 Å². The molecule has 4 heteroatoms.